The maximum absolute atomic E-state index is 2.39. The zero-order chi connectivity index (χ0) is 28.0. The highest BCUT2D eigenvalue weighted by Crippen LogP contribution is 2.60. The monoisotopic (exact) mass is 624 g/mol. The van der Waals surface area contributed by atoms with Gasteiger partial charge in [-0.15, -0.1) is 45.3 Å². The second kappa shape index (κ2) is 7.14. The van der Waals surface area contributed by atoms with Crippen molar-refractivity contribution in [1.29, 1.82) is 0 Å². The minimum absolute atomic E-state index is 1.38. The van der Waals surface area contributed by atoms with Gasteiger partial charge in [0.05, 0.1) is 0 Å². The Morgan fingerprint density at radius 3 is 0.750 bits per heavy atom. The van der Waals surface area contributed by atoms with Crippen LogP contribution < -0.4 is 0 Å². The van der Waals surface area contributed by atoms with Crippen LogP contribution in [-0.4, -0.2) is 0 Å². The summed E-state index contributed by atoms with van der Waals surface area (Å²) in [7, 11) is 0. The standard InChI is InChI=1S/C40H16S4/c1-2-6-18-17(5-1)25-21-9-13-41-37(21)35-33-29(25)30-26(18)22-10-14-42-38(22)36-34(30)32-28(24-12-16-44-40(24)36)20-8-4-3-7-19(20)27(31(32)33)23-11-15-43-39(23)35/h1-16H. The van der Waals surface area contributed by atoms with E-state index in [-0.39, 0.29) is 0 Å². The van der Waals surface area contributed by atoms with Crippen LogP contribution in [0.5, 0.6) is 0 Å². The van der Waals surface area contributed by atoms with Gasteiger partial charge in [-0.3, -0.25) is 0 Å². The minimum atomic E-state index is 1.38. The molecule has 0 aliphatic rings. The van der Waals surface area contributed by atoms with Crippen LogP contribution in [0.1, 0.15) is 0 Å². The molecule has 4 aromatic heterocycles. The van der Waals surface area contributed by atoms with Crippen LogP contribution in [0, 0.1) is 0 Å². The van der Waals surface area contributed by atoms with Gasteiger partial charge in [-0.1, -0.05) is 48.5 Å². The van der Waals surface area contributed by atoms with Crippen LogP contribution >= 0.6 is 45.3 Å². The third kappa shape index (κ3) is 2.15. The van der Waals surface area contributed by atoms with Gasteiger partial charge >= 0.3 is 0 Å². The second-order valence-corrected chi connectivity index (χ2v) is 15.9. The highest BCUT2D eigenvalue weighted by Gasteiger charge is 2.31. The maximum atomic E-state index is 2.39. The number of rotatable bonds is 0. The lowest BCUT2D eigenvalue weighted by Crippen LogP contribution is -1.96. The predicted molar refractivity (Wildman–Crippen MR) is 202 cm³/mol. The molecular weight excluding hydrogens is 609 g/mol. The van der Waals surface area contributed by atoms with E-state index in [2.05, 4.69) is 94.3 Å². The van der Waals surface area contributed by atoms with E-state index in [1.165, 1.54) is 127 Å². The first-order valence-electron chi connectivity index (χ1n) is 14.9. The van der Waals surface area contributed by atoms with E-state index >= 15 is 0 Å². The van der Waals surface area contributed by atoms with Crippen molar-refractivity contribution in [2.45, 2.75) is 0 Å². The Morgan fingerprint density at radius 2 is 0.477 bits per heavy atom. The summed E-state index contributed by atoms with van der Waals surface area (Å²) in [6, 6.07) is 28.0. The minimum Gasteiger partial charge on any atom is -0.143 e. The lowest BCUT2D eigenvalue weighted by Gasteiger charge is -2.26. The van der Waals surface area contributed by atoms with Crippen molar-refractivity contribution >= 4 is 172 Å². The lowest BCUT2D eigenvalue weighted by atomic mass is 9.77. The first kappa shape index (κ1) is 22.2. The van der Waals surface area contributed by atoms with E-state index in [1.807, 2.05) is 45.3 Å². The van der Waals surface area contributed by atoms with E-state index in [4.69, 9.17) is 0 Å². The van der Waals surface area contributed by atoms with Crippen molar-refractivity contribution in [3.63, 3.8) is 0 Å². The van der Waals surface area contributed by atoms with Crippen LogP contribution in [0.2, 0.25) is 0 Å². The summed E-state index contributed by atoms with van der Waals surface area (Å²) in [4.78, 5) is 0. The summed E-state index contributed by atoms with van der Waals surface area (Å²) in [5.74, 6) is 0. The zero-order valence-corrected chi connectivity index (χ0v) is 26.1. The molecule has 0 saturated heterocycles. The van der Waals surface area contributed by atoms with Crippen LogP contribution in [-0.2, 0) is 0 Å². The van der Waals surface area contributed by atoms with Gasteiger partial charge in [-0.2, -0.15) is 0 Å². The smallest absolute Gasteiger partial charge is 0.0442 e. The molecule has 4 heteroatoms. The number of benzene rings is 9. The average molecular weight is 625 g/mol. The summed E-state index contributed by atoms with van der Waals surface area (Å²) in [5, 5.41) is 37.9. The van der Waals surface area contributed by atoms with Crippen LogP contribution in [0.4, 0.5) is 0 Å². The summed E-state index contributed by atoms with van der Waals surface area (Å²) in [6.07, 6.45) is 0. The molecule has 0 unspecified atom stereocenters. The fraction of sp³-hybridized carbons (Fsp3) is 0. The third-order valence-corrected chi connectivity index (χ3v) is 14.3. The van der Waals surface area contributed by atoms with Crippen LogP contribution in [0.15, 0.2) is 94.3 Å². The largest absolute Gasteiger partial charge is 0.143 e. The number of fused-ring (bicyclic) bond motifs is 18. The van der Waals surface area contributed by atoms with Gasteiger partial charge in [0, 0.05) is 83.4 Å². The Hall–Kier alpha value is -4.32. The highest BCUT2D eigenvalue weighted by molar-refractivity contribution is 7.22. The van der Waals surface area contributed by atoms with E-state index in [0.29, 0.717) is 0 Å². The summed E-state index contributed by atoms with van der Waals surface area (Å²) in [6.45, 7) is 0. The number of hydrogen-bond donors (Lipinski definition) is 0. The molecule has 0 spiro atoms. The molecule has 13 rings (SSSR count). The van der Waals surface area contributed by atoms with Crippen LogP contribution in [0.3, 0.4) is 0 Å². The second-order valence-electron chi connectivity index (χ2n) is 12.2. The SMILES string of the molecule is c1ccc2c(c1)c1c3ccsc3c3c4sccc4c4c5ccccc5c5c6ccsc6c6c7sccc7c2c2c1c3c4c5c62. The molecule has 0 aliphatic heterocycles. The zero-order valence-electron chi connectivity index (χ0n) is 22.9. The van der Waals surface area contributed by atoms with Gasteiger partial charge in [0.25, 0.3) is 0 Å². The van der Waals surface area contributed by atoms with Crippen molar-refractivity contribution in [2.24, 2.45) is 0 Å². The van der Waals surface area contributed by atoms with E-state index in [1.54, 1.807) is 0 Å². The third-order valence-electron chi connectivity index (χ3n) is 10.6. The fourth-order valence-electron chi connectivity index (χ4n) is 9.21. The predicted octanol–water partition coefficient (Wildman–Crippen LogP) is 14.1. The summed E-state index contributed by atoms with van der Waals surface area (Å²) >= 11 is 7.67. The Morgan fingerprint density at radius 1 is 0.227 bits per heavy atom. The van der Waals surface area contributed by atoms with Crippen LogP contribution in [0.25, 0.3) is 127 Å². The van der Waals surface area contributed by atoms with Gasteiger partial charge in [0.15, 0.2) is 0 Å². The van der Waals surface area contributed by atoms with Crippen molar-refractivity contribution < 1.29 is 0 Å². The Labute approximate surface area is 264 Å². The fourth-order valence-corrected chi connectivity index (χ4v) is 13.2. The summed E-state index contributed by atoms with van der Waals surface area (Å²) < 4.78 is 5.72. The van der Waals surface area contributed by atoms with E-state index in [0.717, 1.165) is 0 Å². The Bertz CT molecular complexity index is 2930. The van der Waals surface area contributed by atoms with Gasteiger partial charge < -0.3 is 0 Å². The van der Waals surface area contributed by atoms with Gasteiger partial charge in [-0.25, -0.2) is 0 Å². The quantitative estimate of drug-likeness (QED) is 0.116. The first-order chi connectivity index (χ1) is 21.9. The molecule has 0 bridgehead atoms. The molecular formula is C40H16S4. The molecule has 0 fully saturated rings. The number of thiophene rings is 4. The lowest BCUT2D eigenvalue weighted by molar-refractivity contribution is 1.84. The normalized spacial score (nSPS) is 13.5. The average Bonchev–Trinajstić information content (AvgIpc) is 3.89. The summed E-state index contributed by atoms with van der Waals surface area (Å²) in [5.41, 5.74) is 0. The Balaban J connectivity index is 1.63. The van der Waals surface area contributed by atoms with Crippen molar-refractivity contribution in [2.75, 3.05) is 0 Å². The first-order valence-corrected chi connectivity index (χ1v) is 18.4. The molecule has 0 nitrogen and oxygen atoms in total. The van der Waals surface area contributed by atoms with Gasteiger partial charge in [-0.05, 0) is 88.9 Å². The molecule has 0 radical (unpaired) electrons. The molecule has 9 aromatic carbocycles. The van der Waals surface area contributed by atoms with Crippen molar-refractivity contribution in [3.8, 4) is 0 Å². The molecule has 4 heterocycles. The Kier molecular flexibility index (Phi) is 3.61. The van der Waals surface area contributed by atoms with Crippen molar-refractivity contribution in [1.82, 2.24) is 0 Å². The number of hydrogen-bond acceptors (Lipinski definition) is 4. The van der Waals surface area contributed by atoms with E-state index < -0.39 is 0 Å². The molecule has 0 amide bonds. The highest BCUT2D eigenvalue weighted by atomic mass is 32.1. The molecule has 0 N–H and O–H groups in total. The van der Waals surface area contributed by atoms with E-state index in [9.17, 15) is 0 Å². The van der Waals surface area contributed by atoms with Crippen molar-refractivity contribution in [3.05, 3.63) is 94.3 Å². The molecule has 44 heavy (non-hydrogen) atoms. The molecule has 0 saturated carbocycles. The molecule has 0 aliphatic carbocycles. The van der Waals surface area contributed by atoms with Gasteiger partial charge in [0.1, 0.15) is 0 Å². The maximum Gasteiger partial charge on any atom is 0.0442 e. The molecule has 0 atom stereocenters. The van der Waals surface area contributed by atoms with Gasteiger partial charge in [0.2, 0.25) is 0 Å². The topological polar surface area (TPSA) is 0 Å². The molecule has 200 valence electrons. The molecule has 13 aromatic rings.